The number of rotatable bonds is 7. The van der Waals surface area contributed by atoms with Gasteiger partial charge in [0, 0.05) is 18.7 Å². The van der Waals surface area contributed by atoms with Crippen LogP contribution in [0.2, 0.25) is 0 Å². The van der Waals surface area contributed by atoms with Crippen molar-refractivity contribution in [3.63, 3.8) is 0 Å². The number of carbonyl (C=O) groups is 1. The minimum Gasteiger partial charge on any atom is -0.351 e. The fraction of sp³-hybridized carbons (Fsp3) is 0.375. The summed E-state index contributed by atoms with van der Waals surface area (Å²) in [6.07, 6.45) is -2.25. The zero-order valence-corrected chi connectivity index (χ0v) is 18.5. The highest BCUT2D eigenvalue weighted by atomic mass is 19.4. The van der Waals surface area contributed by atoms with Crippen molar-refractivity contribution in [1.29, 1.82) is 0 Å². The van der Waals surface area contributed by atoms with Crippen LogP contribution >= 0.6 is 0 Å². The second kappa shape index (κ2) is 9.54. The van der Waals surface area contributed by atoms with E-state index in [0.717, 1.165) is 17.8 Å². The number of hydrogen-bond acceptors (Lipinski definition) is 3. The largest absolute Gasteiger partial charge is 0.417 e. The monoisotopic (exact) mass is 444 g/mol. The van der Waals surface area contributed by atoms with Crippen LogP contribution < -0.4 is 5.32 Å². The number of nitrogens with one attached hydrogen (secondary N) is 1. The Morgan fingerprint density at radius 2 is 1.72 bits per heavy atom. The van der Waals surface area contributed by atoms with Crippen molar-refractivity contribution in [2.45, 2.75) is 45.7 Å². The summed E-state index contributed by atoms with van der Waals surface area (Å²) in [6, 6.07) is 12.2. The second-order valence-electron chi connectivity index (χ2n) is 8.38. The Bertz CT molecular complexity index is 1040. The van der Waals surface area contributed by atoms with E-state index in [4.69, 9.17) is 0 Å². The summed E-state index contributed by atoms with van der Waals surface area (Å²) in [6.45, 7) is 8.47. The molecule has 170 valence electrons. The lowest BCUT2D eigenvalue weighted by Gasteiger charge is -2.22. The summed E-state index contributed by atoms with van der Waals surface area (Å²) >= 11 is 0. The average molecular weight is 445 g/mol. The van der Waals surface area contributed by atoms with Crippen LogP contribution in [0.1, 0.15) is 66.7 Å². The van der Waals surface area contributed by atoms with Crippen molar-refractivity contribution in [2.24, 2.45) is 5.92 Å². The van der Waals surface area contributed by atoms with E-state index in [9.17, 15) is 18.0 Å². The normalized spacial score (nSPS) is 12.9. The van der Waals surface area contributed by atoms with Crippen LogP contribution in [0, 0.1) is 5.92 Å². The van der Waals surface area contributed by atoms with E-state index in [1.165, 1.54) is 16.9 Å². The maximum atomic E-state index is 13.0. The van der Waals surface area contributed by atoms with E-state index < -0.39 is 11.7 Å². The molecule has 32 heavy (non-hydrogen) atoms. The van der Waals surface area contributed by atoms with Gasteiger partial charge in [0.2, 0.25) is 0 Å². The van der Waals surface area contributed by atoms with Gasteiger partial charge < -0.3 is 5.32 Å². The van der Waals surface area contributed by atoms with E-state index in [2.05, 4.69) is 29.2 Å². The van der Waals surface area contributed by atoms with Gasteiger partial charge in [0.05, 0.1) is 23.0 Å². The van der Waals surface area contributed by atoms with Crippen LogP contribution in [-0.2, 0) is 6.18 Å². The molecule has 0 aliphatic rings. The Hall–Kier alpha value is -3.16. The highest BCUT2D eigenvalue weighted by Crippen LogP contribution is 2.30. The van der Waals surface area contributed by atoms with E-state index in [1.807, 2.05) is 44.2 Å². The Morgan fingerprint density at radius 1 is 1.03 bits per heavy atom. The topological polar surface area (TPSA) is 59.8 Å². The number of aromatic nitrogens is 3. The summed E-state index contributed by atoms with van der Waals surface area (Å²) in [5.74, 6) is 0.325. The number of pyridine rings is 1. The maximum Gasteiger partial charge on any atom is 0.417 e. The molecule has 3 rings (SSSR count). The van der Waals surface area contributed by atoms with Gasteiger partial charge in [-0.3, -0.25) is 4.79 Å². The quantitative estimate of drug-likeness (QED) is 0.518. The van der Waals surface area contributed by atoms with Gasteiger partial charge in [-0.15, -0.1) is 0 Å². The Morgan fingerprint density at radius 3 is 2.25 bits per heavy atom. The van der Waals surface area contributed by atoms with Gasteiger partial charge in [0.25, 0.3) is 5.91 Å². The highest BCUT2D eigenvalue weighted by Gasteiger charge is 2.31. The van der Waals surface area contributed by atoms with Crippen molar-refractivity contribution in [3.8, 4) is 5.82 Å². The number of amides is 1. The summed E-state index contributed by atoms with van der Waals surface area (Å²) in [5.41, 5.74) is 1.29. The van der Waals surface area contributed by atoms with Crippen LogP contribution in [0.15, 0.2) is 54.9 Å². The number of halogens is 3. The third kappa shape index (κ3) is 5.18. The van der Waals surface area contributed by atoms with Gasteiger partial charge in [-0.05, 0) is 29.5 Å². The molecule has 0 fully saturated rings. The first-order chi connectivity index (χ1) is 15.1. The van der Waals surface area contributed by atoms with E-state index in [-0.39, 0.29) is 23.6 Å². The van der Waals surface area contributed by atoms with Crippen LogP contribution in [0.3, 0.4) is 0 Å². The van der Waals surface area contributed by atoms with Gasteiger partial charge in [0.15, 0.2) is 5.82 Å². The third-order valence-electron chi connectivity index (χ3n) is 5.41. The number of hydrogen-bond donors (Lipinski definition) is 1. The molecule has 1 aromatic carbocycles. The fourth-order valence-electron chi connectivity index (χ4n) is 3.69. The molecule has 8 heteroatoms. The molecule has 0 saturated heterocycles. The molecule has 2 heterocycles. The lowest BCUT2D eigenvalue weighted by atomic mass is 9.88. The lowest BCUT2D eigenvalue weighted by Crippen LogP contribution is -2.31. The molecule has 0 aliphatic heterocycles. The van der Waals surface area contributed by atoms with Gasteiger partial charge >= 0.3 is 6.18 Å². The molecule has 5 nitrogen and oxygen atoms in total. The SMILES string of the molecule is CC(C)c1c(C(=O)NC[C@@H](c2ccccc2)C(C)C)cnn1-c1ccc(C(F)(F)F)cn1. The molecule has 3 aromatic rings. The zero-order chi connectivity index (χ0) is 23.5. The molecule has 0 unspecified atom stereocenters. The number of alkyl halides is 3. The zero-order valence-electron chi connectivity index (χ0n) is 18.5. The third-order valence-corrected chi connectivity index (χ3v) is 5.41. The Kier molecular flexibility index (Phi) is 7.01. The van der Waals surface area contributed by atoms with Gasteiger partial charge in [-0.1, -0.05) is 58.0 Å². The molecular weight excluding hydrogens is 417 g/mol. The van der Waals surface area contributed by atoms with Gasteiger partial charge in [0.1, 0.15) is 0 Å². The first-order valence-corrected chi connectivity index (χ1v) is 10.5. The Balaban J connectivity index is 1.84. The number of benzene rings is 1. The van der Waals surface area contributed by atoms with Crippen LogP contribution in [0.5, 0.6) is 0 Å². The van der Waals surface area contributed by atoms with Crippen molar-refractivity contribution < 1.29 is 18.0 Å². The number of nitrogens with zero attached hydrogens (tertiary/aromatic N) is 3. The van der Waals surface area contributed by atoms with Crippen molar-refractivity contribution in [3.05, 3.63) is 77.2 Å². The first kappa shape index (κ1) is 23.5. The van der Waals surface area contributed by atoms with Crippen molar-refractivity contribution in [2.75, 3.05) is 6.54 Å². The van der Waals surface area contributed by atoms with Gasteiger partial charge in [-0.25, -0.2) is 9.67 Å². The summed E-state index contributed by atoms with van der Waals surface area (Å²) in [5, 5.41) is 7.26. The van der Waals surface area contributed by atoms with Crippen LogP contribution in [0.4, 0.5) is 13.2 Å². The lowest BCUT2D eigenvalue weighted by molar-refractivity contribution is -0.137. The van der Waals surface area contributed by atoms with Crippen molar-refractivity contribution >= 4 is 5.91 Å². The standard InChI is InChI=1S/C24H27F3N4O/c1-15(2)19(17-8-6-5-7-9-17)13-29-23(32)20-14-30-31(22(20)16(3)4)21-11-10-18(12-28-21)24(25,26)27/h5-12,14-16,19H,13H2,1-4H3,(H,29,32)/t19-/m1/s1. The summed E-state index contributed by atoms with van der Waals surface area (Å²) in [7, 11) is 0. The molecule has 1 atom stereocenters. The minimum atomic E-state index is -4.47. The molecule has 0 aliphatic carbocycles. The predicted octanol–water partition coefficient (Wildman–Crippen LogP) is 5.58. The van der Waals surface area contributed by atoms with Crippen molar-refractivity contribution in [1.82, 2.24) is 20.1 Å². The van der Waals surface area contributed by atoms with Crippen LogP contribution in [-0.4, -0.2) is 27.2 Å². The average Bonchev–Trinajstić information content (AvgIpc) is 3.19. The smallest absolute Gasteiger partial charge is 0.351 e. The molecular formula is C24H27F3N4O. The molecule has 2 aromatic heterocycles. The molecule has 0 bridgehead atoms. The van der Waals surface area contributed by atoms with E-state index in [1.54, 1.807) is 0 Å². The molecule has 1 amide bonds. The van der Waals surface area contributed by atoms with E-state index in [0.29, 0.717) is 23.7 Å². The summed E-state index contributed by atoms with van der Waals surface area (Å²) in [4.78, 5) is 16.9. The van der Waals surface area contributed by atoms with Crippen LogP contribution in [0.25, 0.3) is 5.82 Å². The molecule has 1 N–H and O–H groups in total. The number of carbonyl (C=O) groups excluding carboxylic acids is 1. The highest BCUT2D eigenvalue weighted by molar-refractivity contribution is 5.95. The molecule has 0 saturated carbocycles. The molecule has 0 spiro atoms. The minimum absolute atomic E-state index is 0.0997. The van der Waals surface area contributed by atoms with E-state index >= 15 is 0 Å². The summed E-state index contributed by atoms with van der Waals surface area (Å²) < 4.78 is 40.0. The second-order valence-corrected chi connectivity index (χ2v) is 8.38. The molecule has 0 radical (unpaired) electrons. The fourth-order valence-corrected chi connectivity index (χ4v) is 3.69. The van der Waals surface area contributed by atoms with Gasteiger partial charge in [-0.2, -0.15) is 18.3 Å². The predicted molar refractivity (Wildman–Crippen MR) is 117 cm³/mol. The first-order valence-electron chi connectivity index (χ1n) is 10.5. The maximum absolute atomic E-state index is 13.0. The Labute approximate surface area is 185 Å².